The Hall–Kier alpha value is -1.46. The van der Waals surface area contributed by atoms with Gasteiger partial charge in [0.25, 0.3) is 0 Å². The molecule has 1 N–H and O–H groups in total. The number of benzene rings is 2. The van der Waals surface area contributed by atoms with Crippen molar-refractivity contribution in [1.82, 2.24) is 5.32 Å². The second-order valence-corrected chi connectivity index (χ2v) is 5.55. The maximum absolute atomic E-state index is 13.6. The molecule has 1 atom stereocenters. The molecule has 2 aromatic rings. The number of methoxy groups -OCH3 is 1. The van der Waals surface area contributed by atoms with Gasteiger partial charge in [-0.15, -0.1) is 0 Å². The fraction of sp³-hybridized carbons (Fsp3) is 0.250. The van der Waals surface area contributed by atoms with Gasteiger partial charge in [0.1, 0.15) is 17.4 Å². The van der Waals surface area contributed by atoms with Crippen LogP contribution in [0.3, 0.4) is 0 Å². The fourth-order valence-corrected chi connectivity index (χ4v) is 2.58. The molecule has 0 heterocycles. The lowest BCUT2D eigenvalue weighted by Gasteiger charge is -2.16. The van der Waals surface area contributed by atoms with Crippen LogP contribution in [-0.2, 0) is 6.54 Å². The molecule has 0 aliphatic rings. The number of hydrogen-bond donors (Lipinski definition) is 1. The van der Waals surface area contributed by atoms with Gasteiger partial charge in [-0.3, -0.25) is 0 Å². The molecule has 0 aromatic heterocycles. The molecular formula is C16H16BrF2NO. The quantitative estimate of drug-likeness (QED) is 0.846. The maximum Gasteiger partial charge on any atom is 0.133 e. The Morgan fingerprint density at radius 1 is 1.19 bits per heavy atom. The predicted octanol–water partition coefficient (Wildman–Crippen LogP) is 4.59. The Labute approximate surface area is 131 Å². The van der Waals surface area contributed by atoms with Crippen LogP contribution in [0.25, 0.3) is 0 Å². The lowest BCUT2D eigenvalue weighted by Crippen LogP contribution is -2.19. The van der Waals surface area contributed by atoms with E-state index in [1.807, 2.05) is 25.1 Å². The molecule has 0 radical (unpaired) electrons. The number of ether oxygens (including phenoxy) is 1. The van der Waals surface area contributed by atoms with E-state index in [-0.39, 0.29) is 18.2 Å². The van der Waals surface area contributed by atoms with E-state index >= 15 is 0 Å². The lowest BCUT2D eigenvalue weighted by atomic mass is 10.1. The molecule has 0 spiro atoms. The zero-order chi connectivity index (χ0) is 15.4. The van der Waals surface area contributed by atoms with E-state index in [0.29, 0.717) is 0 Å². The topological polar surface area (TPSA) is 21.3 Å². The Bertz CT molecular complexity index is 613. The summed E-state index contributed by atoms with van der Waals surface area (Å²) in [6, 6.07) is 9.52. The van der Waals surface area contributed by atoms with E-state index < -0.39 is 11.6 Å². The summed E-state index contributed by atoms with van der Waals surface area (Å²) in [6.45, 7) is 2.07. The summed E-state index contributed by atoms with van der Waals surface area (Å²) in [6.07, 6.45) is 0. The Balaban J connectivity index is 2.08. The highest BCUT2D eigenvalue weighted by Crippen LogP contribution is 2.28. The molecule has 0 fully saturated rings. The van der Waals surface area contributed by atoms with Crippen molar-refractivity contribution < 1.29 is 13.5 Å². The minimum Gasteiger partial charge on any atom is -0.496 e. The molecule has 0 saturated carbocycles. The van der Waals surface area contributed by atoms with Crippen molar-refractivity contribution in [2.75, 3.05) is 7.11 Å². The van der Waals surface area contributed by atoms with E-state index in [4.69, 9.17) is 4.74 Å². The van der Waals surface area contributed by atoms with E-state index in [1.165, 1.54) is 18.2 Å². The molecule has 2 aromatic carbocycles. The summed E-state index contributed by atoms with van der Waals surface area (Å²) < 4.78 is 33.1. The third kappa shape index (κ3) is 3.80. The van der Waals surface area contributed by atoms with Gasteiger partial charge in [-0.2, -0.15) is 0 Å². The first-order valence-corrected chi connectivity index (χ1v) is 7.32. The number of halogens is 3. The van der Waals surface area contributed by atoms with Crippen molar-refractivity contribution in [1.29, 1.82) is 0 Å². The van der Waals surface area contributed by atoms with Crippen molar-refractivity contribution in [2.24, 2.45) is 0 Å². The van der Waals surface area contributed by atoms with Crippen molar-refractivity contribution in [3.8, 4) is 5.75 Å². The highest BCUT2D eigenvalue weighted by atomic mass is 79.9. The van der Waals surface area contributed by atoms with E-state index in [2.05, 4.69) is 21.2 Å². The molecule has 0 amide bonds. The second kappa shape index (κ2) is 7.00. The lowest BCUT2D eigenvalue weighted by molar-refractivity contribution is 0.411. The third-order valence-electron chi connectivity index (χ3n) is 3.32. The molecule has 112 valence electrons. The zero-order valence-electron chi connectivity index (χ0n) is 11.8. The summed E-state index contributed by atoms with van der Waals surface area (Å²) in [4.78, 5) is 0. The molecule has 0 saturated heterocycles. The Kier molecular flexibility index (Phi) is 5.31. The van der Waals surface area contributed by atoms with E-state index in [1.54, 1.807) is 7.11 Å². The molecular weight excluding hydrogens is 340 g/mol. The van der Waals surface area contributed by atoms with Crippen molar-refractivity contribution in [3.05, 3.63) is 63.6 Å². The average Bonchev–Trinajstić information content (AvgIpc) is 2.46. The highest BCUT2D eigenvalue weighted by molar-refractivity contribution is 9.10. The van der Waals surface area contributed by atoms with E-state index in [0.717, 1.165) is 15.8 Å². The molecule has 2 nitrogen and oxygen atoms in total. The first-order valence-electron chi connectivity index (χ1n) is 6.52. The first kappa shape index (κ1) is 15.9. The van der Waals surface area contributed by atoms with Gasteiger partial charge in [-0.05, 0) is 52.7 Å². The highest BCUT2D eigenvalue weighted by Gasteiger charge is 2.12. The molecule has 21 heavy (non-hydrogen) atoms. The molecule has 0 aliphatic heterocycles. The van der Waals surface area contributed by atoms with Crippen LogP contribution in [-0.4, -0.2) is 7.11 Å². The third-order valence-corrected chi connectivity index (χ3v) is 3.94. The fourth-order valence-electron chi connectivity index (χ4n) is 2.03. The van der Waals surface area contributed by atoms with Crippen LogP contribution in [0.15, 0.2) is 40.9 Å². The maximum atomic E-state index is 13.6. The van der Waals surface area contributed by atoms with Crippen LogP contribution < -0.4 is 10.1 Å². The van der Waals surface area contributed by atoms with Crippen molar-refractivity contribution >= 4 is 15.9 Å². The van der Waals surface area contributed by atoms with Crippen LogP contribution in [0, 0.1) is 11.6 Å². The van der Waals surface area contributed by atoms with Gasteiger partial charge in [0.2, 0.25) is 0 Å². The summed E-state index contributed by atoms with van der Waals surface area (Å²) >= 11 is 3.42. The molecule has 0 aliphatic carbocycles. The SMILES string of the molecule is COc1ccc(C(C)NCc2c(F)cccc2F)cc1Br. The van der Waals surface area contributed by atoms with Gasteiger partial charge in [0.15, 0.2) is 0 Å². The molecule has 5 heteroatoms. The van der Waals surface area contributed by atoms with Crippen molar-refractivity contribution in [2.45, 2.75) is 19.5 Å². The van der Waals surface area contributed by atoms with E-state index in [9.17, 15) is 8.78 Å². The van der Waals surface area contributed by atoms with Gasteiger partial charge in [0, 0.05) is 18.2 Å². The van der Waals surface area contributed by atoms with Crippen LogP contribution in [0.1, 0.15) is 24.1 Å². The van der Waals surface area contributed by atoms with Gasteiger partial charge in [-0.25, -0.2) is 8.78 Å². The average molecular weight is 356 g/mol. The van der Waals surface area contributed by atoms with Crippen molar-refractivity contribution in [3.63, 3.8) is 0 Å². The Morgan fingerprint density at radius 2 is 1.86 bits per heavy atom. The van der Waals surface area contributed by atoms with Gasteiger partial charge >= 0.3 is 0 Å². The zero-order valence-corrected chi connectivity index (χ0v) is 13.4. The van der Waals surface area contributed by atoms with Gasteiger partial charge in [0.05, 0.1) is 11.6 Å². The minimum atomic E-state index is -0.536. The monoisotopic (exact) mass is 355 g/mol. The van der Waals surface area contributed by atoms with Crippen LogP contribution in [0.2, 0.25) is 0 Å². The van der Waals surface area contributed by atoms with Crippen LogP contribution >= 0.6 is 15.9 Å². The molecule has 1 unspecified atom stereocenters. The largest absolute Gasteiger partial charge is 0.496 e. The number of nitrogens with one attached hydrogen (secondary N) is 1. The molecule has 0 bridgehead atoms. The second-order valence-electron chi connectivity index (χ2n) is 4.70. The number of hydrogen-bond acceptors (Lipinski definition) is 2. The van der Waals surface area contributed by atoms with Crippen LogP contribution in [0.5, 0.6) is 5.75 Å². The normalized spacial score (nSPS) is 12.2. The summed E-state index contributed by atoms with van der Waals surface area (Å²) in [5.74, 6) is -0.331. The first-order chi connectivity index (χ1) is 10.0. The van der Waals surface area contributed by atoms with Crippen LogP contribution in [0.4, 0.5) is 8.78 Å². The number of rotatable bonds is 5. The summed E-state index contributed by atoms with van der Waals surface area (Å²) in [5, 5.41) is 3.12. The standard InChI is InChI=1S/C16H16BrF2NO/c1-10(11-6-7-16(21-2)13(17)8-11)20-9-12-14(18)4-3-5-15(12)19/h3-8,10,20H,9H2,1-2H3. The Morgan fingerprint density at radius 3 is 2.43 bits per heavy atom. The van der Waals surface area contributed by atoms with Gasteiger partial charge in [-0.1, -0.05) is 12.1 Å². The summed E-state index contributed by atoms with van der Waals surface area (Å²) in [7, 11) is 1.60. The van der Waals surface area contributed by atoms with Gasteiger partial charge < -0.3 is 10.1 Å². The molecule has 2 rings (SSSR count). The summed E-state index contributed by atoms with van der Waals surface area (Å²) in [5.41, 5.74) is 1.05. The minimum absolute atomic E-state index is 0.0498. The predicted molar refractivity (Wildman–Crippen MR) is 82.3 cm³/mol. The smallest absolute Gasteiger partial charge is 0.133 e.